The Balaban J connectivity index is 1.66. The smallest absolute Gasteiger partial charge is 0.314 e. The monoisotopic (exact) mass is 437 g/mol. The normalized spacial score (nSPS) is 18.5. The Morgan fingerprint density at radius 2 is 1.97 bits per heavy atom. The topological polar surface area (TPSA) is 81.0 Å². The number of pyridine rings is 1. The predicted octanol–water partition coefficient (Wildman–Crippen LogP) is 2.86. The molecule has 0 aliphatic carbocycles. The molecule has 1 unspecified atom stereocenters. The lowest BCUT2D eigenvalue weighted by Gasteiger charge is -2.41. The Labute approximate surface area is 184 Å². The molecule has 3 aromatic rings. The molecule has 1 aliphatic rings. The Morgan fingerprint density at radius 1 is 1.19 bits per heavy atom. The molecule has 0 radical (unpaired) electrons. The van der Waals surface area contributed by atoms with Gasteiger partial charge in [-0.25, -0.2) is 9.37 Å². The van der Waals surface area contributed by atoms with Crippen LogP contribution in [0, 0.1) is 11.2 Å². The number of aromatic nitrogens is 2. The quantitative estimate of drug-likeness (QED) is 0.574. The number of nitrogens with zero attached hydrogens (tertiary/aromatic N) is 3. The van der Waals surface area contributed by atoms with E-state index in [1.165, 1.54) is 27.6 Å². The number of rotatable bonds is 5. The molecule has 1 atom stereocenters. The molecule has 1 saturated heterocycles. The van der Waals surface area contributed by atoms with E-state index < -0.39 is 22.9 Å². The molecular weight excluding hydrogens is 413 g/mol. The molecule has 1 amide bonds. The highest BCUT2D eigenvalue weighted by Crippen LogP contribution is 2.36. The molecule has 8 heteroatoms. The van der Waals surface area contributed by atoms with Crippen LogP contribution in [-0.2, 0) is 16.0 Å². The minimum Gasteiger partial charge on any atom is -0.466 e. The van der Waals surface area contributed by atoms with E-state index in [-0.39, 0.29) is 24.5 Å². The first kappa shape index (κ1) is 21.7. The minimum atomic E-state index is -0.970. The predicted molar refractivity (Wildman–Crippen MR) is 116 cm³/mol. The lowest BCUT2D eigenvalue weighted by molar-refractivity contribution is -0.158. The number of benzene rings is 1. The van der Waals surface area contributed by atoms with E-state index >= 15 is 0 Å². The third kappa shape index (κ3) is 4.12. The van der Waals surface area contributed by atoms with Crippen molar-refractivity contribution in [3.63, 3.8) is 0 Å². The lowest BCUT2D eigenvalue weighted by atomic mass is 9.75. The SMILES string of the molecule is CCOC(=O)C1(Cc2ccc(F)cc2)CCCN(C(=O)c2cnc3ccccn3c2=O)C1. The summed E-state index contributed by atoms with van der Waals surface area (Å²) in [6.07, 6.45) is 4.27. The fourth-order valence-corrected chi connectivity index (χ4v) is 4.31. The highest BCUT2D eigenvalue weighted by Gasteiger charge is 2.45. The van der Waals surface area contributed by atoms with Crippen LogP contribution in [0.5, 0.6) is 0 Å². The van der Waals surface area contributed by atoms with Crippen LogP contribution in [0.15, 0.2) is 59.7 Å². The average Bonchev–Trinajstić information content (AvgIpc) is 2.81. The van der Waals surface area contributed by atoms with Gasteiger partial charge in [-0.2, -0.15) is 0 Å². The maximum absolute atomic E-state index is 13.4. The number of carbonyl (C=O) groups is 2. The molecule has 0 N–H and O–H groups in total. The molecule has 2 aromatic heterocycles. The number of hydrogen-bond acceptors (Lipinski definition) is 5. The summed E-state index contributed by atoms with van der Waals surface area (Å²) in [5, 5.41) is 0. The van der Waals surface area contributed by atoms with Crippen LogP contribution < -0.4 is 5.56 Å². The van der Waals surface area contributed by atoms with E-state index in [0.29, 0.717) is 31.5 Å². The van der Waals surface area contributed by atoms with Crippen LogP contribution in [0.1, 0.15) is 35.7 Å². The van der Waals surface area contributed by atoms with Crippen LogP contribution >= 0.6 is 0 Å². The number of carbonyl (C=O) groups excluding carboxylic acids is 2. The van der Waals surface area contributed by atoms with E-state index in [2.05, 4.69) is 4.98 Å². The lowest BCUT2D eigenvalue weighted by Crippen LogP contribution is -2.52. The first-order chi connectivity index (χ1) is 15.4. The number of ether oxygens (including phenoxy) is 1. The van der Waals surface area contributed by atoms with Crippen molar-refractivity contribution in [1.29, 1.82) is 0 Å². The molecule has 7 nitrogen and oxygen atoms in total. The van der Waals surface area contributed by atoms with Gasteiger partial charge in [-0.05, 0) is 56.0 Å². The van der Waals surface area contributed by atoms with Gasteiger partial charge in [0.25, 0.3) is 11.5 Å². The fourth-order valence-electron chi connectivity index (χ4n) is 4.31. The summed E-state index contributed by atoms with van der Waals surface area (Å²) >= 11 is 0. The van der Waals surface area contributed by atoms with Gasteiger partial charge in [0.05, 0.1) is 12.0 Å². The van der Waals surface area contributed by atoms with Gasteiger partial charge in [0.2, 0.25) is 0 Å². The van der Waals surface area contributed by atoms with Gasteiger partial charge in [-0.15, -0.1) is 0 Å². The number of hydrogen-bond donors (Lipinski definition) is 0. The maximum atomic E-state index is 13.4. The summed E-state index contributed by atoms with van der Waals surface area (Å²) in [4.78, 5) is 45.0. The fraction of sp³-hybridized carbons (Fsp3) is 0.333. The first-order valence-electron chi connectivity index (χ1n) is 10.6. The molecule has 4 rings (SSSR count). The molecule has 32 heavy (non-hydrogen) atoms. The summed E-state index contributed by atoms with van der Waals surface area (Å²) in [5.74, 6) is -1.22. The molecule has 166 valence electrons. The van der Waals surface area contributed by atoms with Crippen molar-refractivity contribution >= 4 is 17.5 Å². The average molecular weight is 437 g/mol. The number of fused-ring (bicyclic) bond motifs is 1. The van der Waals surface area contributed by atoms with E-state index in [0.717, 1.165) is 5.56 Å². The molecule has 1 aliphatic heterocycles. The number of piperidine rings is 1. The van der Waals surface area contributed by atoms with Crippen molar-refractivity contribution in [3.05, 3.63) is 82.2 Å². The third-order valence-electron chi connectivity index (χ3n) is 5.87. The van der Waals surface area contributed by atoms with Gasteiger partial charge in [0, 0.05) is 25.5 Å². The van der Waals surface area contributed by atoms with Gasteiger partial charge in [0.1, 0.15) is 17.0 Å². The van der Waals surface area contributed by atoms with Crippen LogP contribution in [0.4, 0.5) is 4.39 Å². The van der Waals surface area contributed by atoms with Gasteiger partial charge in [-0.3, -0.25) is 18.8 Å². The Hall–Kier alpha value is -3.55. The van der Waals surface area contributed by atoms with Crippen molar-refractivity contribution < 1.29 is 18.7 Å². The molecule has 0 bridgehead atoms. The van der Waals surface area contributed by atoms with E-state index in [4.69, 9.17) is 4.74 Å². The second-order valence-electron chi connectivity index (χ2n) is 8.04. The summed E-state index contributed by atoms with van der Waals surface area (Å²) in [6.45, 7) is 2.48. The Bertz CT molecular complexity index is 1210. The van der Waals surface area contributed by atoms with Crippen molar-refractivity contribution in [1.82, 2.24) is 14.3 Å². The summed E-state index contributed by atoms with van der Waals surface area (Å²) < 4.78 is 20.1. The van der Waals surface area contributed by atoms with Crippen molar-refractivity contribution in [2.24, 2.45) is 5.41 Å². The molecule has 0 saturated carbocycles. The first-order valence-corrected chi connectivity index (χ1v) is 10.6. The van der Waals surface area contributed by atoms with Crippen molar-refractivity contribution in [2.45, 2.75) is 26.2 Å². The van der Waals surface area contributed by atoms with E-state index in [9.17, 15) is 18.8 Å². The van der Waals surface area contributed by atoms with Gasteiger partial charge in [0.15, 0.2) is 0 Å². The van der Waals surface area contributed by atoms with Crippen molar-refractivity contribution in [2.75, 3.05) is 19.7 Å². The largest absolute Gasteiger partial charge is 0.466 e. The Kier molecular flexibility index (Phi) is 6.03. The number of amides is 1. The summed E-state index contributed by atoms with van der Waals surface area (Å²) in [7, 11) is 0. The molecule has 3 heterocycles. The zero-order chi connectivity index (χ0) is 22.7. The highest BCUT2D eigenvalue weighted by atomic mass is 19.1. The van der Waals surface area contributed by atoms with Crippen LogP contribution in [0.3, 0.4) is 0 Å². The molecule has 0 spiro atoms. The third-order valence-corrected chi connectivity index (χ3v) is 5.87. The van der Waals surface area contributed by atoms with Crippen molar-refractivity contribution in [3.8, 4) is 0 Å². The van der Waals surface area contributed by atoms with E-state index in [1.807, 2.05) is 0 Å². The second kappa shape index (κ2) is 8.90. The summed E-state index contributed by atoms with van der Waals surface area (Å²) in [6, 6.07) is 11.1. The Morgan fingerprint density at radius 3 is 2.72 bits per heavy atom. The highest BCUT2D eigenvalue weighted by molar-refractivity contribution is 5.94. The van der Waals surface area contributed by atoms with Gasteiger partial charge in [-0.1, -0.05) is 18.2 Å². The number of likely N-dealkylation sites (tertiary alicyclic amines) is 1. The molecular formula is C24H24FN3O4. The van der Waals surface area contributed by atoms with Gasteiger partial charge < -0.3 is 9.64 Å². The molecule has 1 fully saturated rings. The van der Waals surface area contributed by atoms with Gasteiger partial charge >= 0.3 is 5.97 Å². The summed E-state index contributed by atoms with van der Waals surface area (Å²) in [5.41, 5.74) is -0.241. The van der Waals surface area contributed by atoms with Crippen LogP contribution in [-0.4, -0.2) is 45.9 Å². The maximum Gasteiger partial charge on any atom is 0.314 e. The van der Waals surface area contributed by atoms with Crippen LogP contribution in [0.2, 0.25) is 0 Å². The van der Waals surface area contributed by atoms with E-state index in [1.54, 1.807) is 43.5 Å². The zero-order valence-corrected chi connectivity index (χ0v) is 17.8. The second-order valence-corrected chi connectivity index (χ2v) is 8.04. The number of esters is 1. The minimum absolute atomic E-state index is 0.0462. The molecule has 1 aromatic carbocycles. The standard InChI is InChI=1S/C24H24FN3O4/c1-2-32-23(31)24(14-17-7-9-18(25)10-8-17)11-5-12-27(16-24)21(29)19-15-26-20-6-3-4-13-28(20)22(19)30/h3-4,6-10,13,15H,2,5,11-12,14,16H2,1H3. The number of halogens is 1. The zero-order valence-electron chi connectivity index (χ0n) is 17.8. The van der Waals surface area contributed by atoms with Crippen LogP contribution in [0.25, 0.3) is 5.65 Å².